The normalized spacial score (nSPS) is 13.0. The number of carbonyl (C=O) groups is 2. The molecule has 0 aromatic heterocycles. The monoisotopic (exact) mass is 433 g/mol. The Morgan fingerprint density at radius 3 is 2.37 bits per heavy atom. The zero-order valence-electron chi connectivity index (χ0n) is 17.8. The summed E-state index contributed by atoms with van der Waals surface area (Å²) < 4.78 is 14.2. The molecule has 0 radical (unpaired) electrons. The van der Waals surface area contributed by atoms with Gasteiger partial charge >= 0.3 is 0 Å². The van der Waals surface area contributed by atoms with Crippen LogP contribution in [0.25, 0.3) is 0 Å². The predicted octanol–water partition coefficient (Wildman–Crippen LogP) is 3.62. The lowest BCUT2D eigenvalue weighted by atomic mass is 9.97. The first kappa shape index (κ1) is 23.8. The summed E-state index contributed by atoms with van der Waals surface area (Å²) in [6, 6.07) is 12.1. The number of likely N-dealkylation sites (N-methyl/N-ethyl adjacent to an activating group) is 1. The van der Waals surface area contributed by atoms with Crippen LogP contribution in [0.1, 0.15) is 40.7 Å². The fraction of sp³-hybridized carbons (Fsp3) is 0.391. The van der Waals surface area contributed by atoms with Crippen molar-refractivity contribution in [2.24, 2.45) is 0 Å². The maximum atomic E-state index is 14.2. The quantitative estimate of drug-likeness (QED) is 0.635. The van der Waals surface area contributed by atoms with Gasteiger partial charge in [0.2, 0.25) is 5.91 Å². The molecular weight excluding hydrogens is 405 g/mol. The smallest absolute Gasteiger partial charge is 0.253 e. The molecule has 2 amide bonds. The lowest BCUT2D eigenvalue weighted by Gasteiger charge is -2.25. The minimum atomic E-state index is -0.551. The van der Waals surface area contributed by atoms with Crippen LogP contribution in [0.3, 0.4) is 0 Å². The van der Waals surface area contributed by atoms with Crippen molar-refractivity contribution in [2.45, 2.75) is 31.7 Å². The number of rotatable bonds is 9. The van der Waals surface area contributed by atoms with Gasteiger partial charge in [-0.3, -0.25) is 9.59 Å². The number of hydrogen-bond donors (Lipinski definition) is 2. The molecule has 0 aliphatic heterocycles. The van der Waals surface area contributed by atoms with Gasteiger partial charge in [0.25, 0.3) is 5.91 Å². The molecule has 30 heavy (non-hydrogen) atoms. The maximum Gasteiger partial charge on any atom is 0.253 e. The first-order valence-electron chi connectivity index (χ1n) is 9.90. The van der Waals surface area contributed by atoms with Gasteiger partial charge in [-0.25, -0.2) is 4.39 Å². The van der Waals surface area contributed by atoms with Crippen LogP contribution in [0.5, 0.6) is 0 Å². The summed E-state index contributed by atoms with van der Waals surface area (Å²) in [7, 11) is 5.30. The molecule has 0 unspecified atom stereocenters. The molecule has 0 spiro atoms. The van der Waals surface area contributed by atoms with Gasteiger partial charge in [0.15, 0.2) is 0 Å². The van der Waals surface area contributed by atoms with E-state index in [1.165, 1.54) is 19.2 Å². The first-order chi connectivity index (χ1) is 14.2. The summed E-state index contributed by atoms with van der Waals surface area (Å²) >= 11 is 5.92. The molecule has 0 saturated carbocycles. The van der Waals surface area contributed by atoms with Crippen molar-refractivity contribution in [3.63, 3.8) is 0 Å². The Bertz CT molecular complexity index is 871. The van der Waals surface area contributed by atoms with E-state index in [1.807, 2.05) is 50.2 Å². The van der Waals surface area contributed by atoms with Crippen molar-refractivity contribution in [1.29, 1.82) is 0 Å². The summed E-state index contributed by atoms with van der Waals surface area (Å²) in [6.07, 6.45) is 0.919. The maximum absolute atomic E-state index is 14.2. The van der Waals surface area contributed by atoms with Crippen LogP contribution in [0.15, 0.2) is 42.5 Å². The largest absolute Gasteiger partial charge is 0.355 e. The van der Waals surface area contributed by atoms with Crippen molar-refractivity contribution in [1.82, 2.24) is 15.5 Å². The van der Waals surface area contributed by atoms with Crippen molar-refractivity contribution >= 4 is 23.4 Å². The van der Waals surface area contributed by atoms with E-state index in [9.17, 15) is 14.0 Å². The van der Waals surface area contributed by atoms with Crippen molar-refractivity contribution < 1.29 is 14.0 Å². The molecular formula is C23H29ClFN3O2. The highest BCUT2D eigenvalue weighted by molar-refractivity contribution is 6.30. The lowest BCUT2D eigenvalue weighted by molar-refractivity contribution is -0.121. The average Bonchev–Trinajstić information content (AvgIpc) is 2.70. The predicted molar refractivity (Wildman–Crippen MR) is 118 cm³/mol. The molecule has 0 heterocycles. The molecule has 0 fully saturated rings. The summed E-state index contributed by atoms with van der Waals surface area (Å²) in [5, 5.41) is 6.08. The molecule has 2 aromatic rings. The van der Waals surface area contributed by atoms with Gasteiger partial charge in [-0.2, -0.15) is 0 Å². The second-order valence-corrected chi connectivity index (χ2v) is 8.11. The van der Waals surface area contributed by atoms with E-state index >= 15 is 0 Å². The van der Waals surface area contributed by atoms with Crippen molar-refractivity contribution in [3.05, 3.63) is 70.0 Å². The van der Waals surface area contributed by atoms with E-state index in [0.29, 0.717) is 24.4 Å². The molecule has 2 atom stereocenters. The fourth-order valence-electron chi connectivity index (χ4n) is 3.20. The highest BCUT2D eigenvalue weighted by Crippen LogP contribution is 2.21. The molecule has 0 aliphatic carbocycles. The van der Waals surface area contributed by atoms with E-state index in [0.717, 1.165) is 11.1 Å². The van der Waals surface area contributed by atoms with E-state index in [-0.39, 0.29) is 23.4 Å². The summed E-state index contributed by atoms with van der Waals surface area (Å²) in [4.78, 5) is 26.1. The third-order valence-electron chi connectivity index (χ3n) is 5.17. The van der Waals surface area contributed by atoms with Crippen LogP contribution >= 0.6 is 11.6 Å². The topological polar surface area (TPSA) is 61.4 Å². The molecule has 0 aliphatic rings. The second kappa shape index (κ2) is 11.1. The van der Waals surface area contributed by atoms with Crippen LogP contribution in [0, 0.1) is 5.82 Å². The van der Waals surface area contributed by atoms with Crippen LogP contribution in [0.2, 0.25) is 5.02 Å². The molecule has 162 valence electrons. The molecule has 2 N–H and O–H groups in total. The third kappa shape index (κ3) is 6.82. The fourth-order valence-corrected chi connectivity index (χ4v) is 3.33. The highest BCUT2D eigenvalue weighted by atomic mass is 35.5. The van der Waals surface area contributed by atoms with Gasteiger partial charge in [0, 0.05) is 31.1 Å². The van der Waals surface area contributed by atoms with Gasteiger partial charge in [-0.05, 0) is 61.8 Å². The molecule has 2 rings (SSSR count). The zero-order valence-corrected chi connectivity index (χ0v) is 18.6. The number of hydrogen-bond acceptors (Lipinski definition) is 3. The van der Waals surface area contributed by atoms with Crippen LogP contribution in [0.4, 0.5) is 4.39 Å². The standard InChI is InChI=1S/C23H29ClFN3O2/c1-15(17-6-8-18(24)9-7-17)11-22(29)27-14-19(28(3)4)12-16-5-10-20(21(25)13-16)23(30)26-2/h5-10,13,15,19H,11-12,14H2,1-4H3,(H,26,30)(H,27,29)/t15-,19-/m0/s1. The van der Waals surface area contributed by atoms with Gasteiger partial charge in [0.05, 0.1) is 5.56 Å². The minimum Gasteiger partial charge on any atom is -0.355 e. The minimum absolute atomic E-state index is 0.00922. The van der Waals surface area contributed by atoms with Crippen LogP contribution in [-0.4, -0.2) is 50.4 Å². The van der Waals surface area contributed by atoms with Gasteiger partial charge < -0.3 is 15.5 Å². The Morgan fingerprint density at radius 1 is 1.13 bits per heavy atom. The van der Waals surface area contributed by atoms with Crippen molar-refractivity contribution in [2.75, 3.05) is 27.7 Å². The Kier molecular flexibility index (Phi) is 8.81. The number of carbonyl (C=O) groups excluding carboxylic acids is 2. The van der Waals surface area contributed by atoms with Crippen molar-refractivity contribution in [3.8, 4) is 0 Å². The van der Waals surface area contributed by atoms with Crippen LogP contribution < -0.4 is 10.6 Å². The Labute approximate surface area is 182 Å². The van der Waals surface area contributed by atoms with E-state index in [4.69, 9.17) is 11.6 Å². The average molecular weight is 434 g/mol. The number of halogens is 2. The summed E-state index contributed by atoms with van der Waals surface area (Å²) in [5.41, 5.74) is 1.85. The number of amides is 2. The molecule has 5 nitrogen and oxygen atoms in total. The van der Waals surface area contributed by atoms with Gasteiger partial charge in [-0.15, -0.1) is 0 Å². The lowest BCUT2D eigenvalue weighted by Crippen LogP contribution is -2.41. The number of benzene rings is 2. The number of nitrogens with zero attached hydrogens (tertiary/aromatic N) is 1. The Hall–Kier alpha value is -2.44. The van der Waals surface area contributed by atoms with E-state index in [1.54, 1.807) is 6.07 Å². The SMILES string of the molecule is CNC(=O)c1ccc(C[C@@H](CNC(=O)C[C@H](C)c2ccc(Cl)cc2)N(C)C)cc1F. The van der Waals surface area contributed by atoms with E-state index < -0.39 is 11.7 Å². The summed E-state index contributed by atoms with van der Waals surface area (Å²) in [5.74, 6) is -0.965. The molecule has 0 saturated heterocycles. The zero-order chi connectivity index (χ0) is 22.3. The highest BCUT2D eigenvalue weighted by Gasteiger charge is 2.17. The number of nitrogens with one attached hydrogen (secondary N) is 2. The van der Waals surface area contributed by atoms with Gasteiger partial charge in [-0.1, -0.05) is 36.7 Å². The molecule has 0 bridgehead atoms. The molecule has 2 aromatic carbocycles. The molecule has 7 heteroatoms. The van der Waals surface area contributed by atoms with Crippen LogP contribution in [-0.2, 0) is 11.2 Å². The summed E-state index contributed by atoms with van der Waals surface area (Å²) in [6.45, 7) is 2.45. The Morgan fingerprint density at radius 2 is 1.80 bits per heavy atom. The first-order valence-corrected chi connectivity index (χ1v) is 10.3. The Balaban J connectivity index is 1.94. The third-order valence-corrected chi connectivity index (χ3v) is 5.42. The second-order valence-electron chi connectivity index (χ2n) is 7.68. The van der Waals surface area contributed by atoms with E-state index in [2.05, 4.69) is 10.6 Å². The van der Waals surface area contributed by atoms with Gasteiger partial charge in [0.1, 0.15) is 5.82 Å².